The van der Waals surface area contributed by atoms with Crippen LogP contribution in [-0.2, 0) is 0 Å². The van der Waals surface area contributed by atoms with Crippen LogP contribution in [0.3, 0.4) is 0 Å². The lowest BCUT2D eigenvalue weighted by molar-refractivity contribution is 0.102. The van der Waals surface area contributed by atoms with Crippen LogP contribution in [0.15, 0.2) is 41.4 Å². The van der Waals surface area contributed by atoms with Gasteiger partial charge in [-0.3, -0.25) is 9.78 Å². The number of aryl methyl sites for hydroxylation is 1. The molecule has 2 heterocycles. The van der Waals surface area contributed by atoms with Gasteiger partial charge in [0.05, 0.1) is 17.4 Å². The van der Waals surface area contributed by atoms with Gasteiger partial charge in [-0.05, 0) is 46.6 Å². The van der Waals surface area contributed by atoms with E-state index in [1.807, 2.05) is 13.0 Å². The fraction of sp³-hybridized carbons (Fsp3) is 0.0833. The molecule has 0 fully saturated rings. The molecular formula is C12H10BrN3O. The van der Waals surface area contributed by atoms with E-state index in [9.17, 15) is 4.79 Å². The highest BCUT2D eigenvalue weighted by molar-refractivity contribution is 9.10. The number of hydrogen-bond acceptors (Lipinski definition) is 3. The predicted molar refractivity (Wildman–Crippen MR) is 68.9 cm³/mol. The summed E-state index contributed by atoms with van der Waals surface area (Å²) >= 11 is 3.31. The number of halogens is 1. The van der Waals surface area contributed by atoms with Gasteiger partial charge in [-0.25, -0.2) is 4.98 Å². The van der Waals surface area contributed by atoms with Crippen LogP contribution in [-0.4, -0.2) is 15.9 Å². The Bertz CT molecular complexity index is 543. The minimum atomic E-state index is -0.193. The molecule has 0 bridgehead atoms. The Kier molecular flexibility index (Phi) is 3.49. The summed E-state index contributed by atoms with van der Waals surface area (Å²) in [5.41, 5.74) is 2.15. The third kappa shape index (κ3) is 2.88. The Labute approximate surface area is 107 Å². The van der Waals surface area contributed by atoms with Crippen LogP contribution in [0.1, 0.15) is 15.9 Å². The van der Waals surface area contributed by atoms with Gasteiger partial charge >= 0.3 is 0 Å². The average molecular weight is 292 g/mol. The van der Waals surface area contributed by atoms with E-state index in [-0.39, 0.29) is 5.91 Å². The SMILES string of the molecule is Cc1cc(NC(=O)c2cccnc2)cnc1Br. The number of carbonyl (C=O) groups excluding carboxylic acids is 1. The molecule has 5 heteroatoms. The zero-order valence-electron chi connectivity index (χ0n) is 9.14. The highest BCUT2D eigenvalue weighted by atomic mass is 79.9. The molecule has 0 saturated heterocycles. The fourth-order valence-electron chi connectivity index (χ4n) is 1.33. The summed E-state index contributed by atoms with van der Waals surface area (Å²) in [6.07, 6.45) is 4.75. The van der Waals surface area contributed by atoms with Crippen LogP contribution in [0.4, 0.5) is 5.69 Å². The Morgan fingerprint density at radius 1 is 1.41 bits per heavy atom. The first-order valence-corrected chi connectivity index (χ1v) is 5.79. The van der Waals surface area contributed by atoms with Gasteiger partial charge in [0.15, 0.2) is 0 Å². The van der Waals surface area contributed by atoms with Crippen molar-refractivity contribution in [3.05, 3.63) is 52.5 Å². The number of rotatable bonds is 2. The van der Waals surface area contributed by atoms with Gasteiger partial charge in [0.1, 0.15) is 4.60 Å². The lowest BCUT2D eigenvalue weighted by Crippen LogP contribution is -2.12. The summed E-state index contributed by atoms with van der Waals surface area (Å²) in [6, 6.07) is 5.28. The second-order valence-electron chi connectivity index (χ2n) is 3.53. The summed E-state index contributed by atoms with van der Waals surface area (Å²) in [5, 5.41) is 2.76. The Morgan fingerprint density at radius 2 is 2.24 bits per heavy atom. The van der Waals surface area contributed by atoms with Gasteiger partial charge in [0.2, 0.25) is 0 Å². The van der Waals surface area contributed by atoms with Gasteiger partial charge in [-0.2, -0.15) is 0 Å². The molecule has 0 unspecified atom stereocenters. The normalized spacial score (nSPS) is 10.0. The number of carbonyl (C=O) groups is 1. The highest BCUT2D eigenvalue weighted by Crippen LogP contribution is 2.17. The molecule has 2 rings (SSSR count). The van der Waals surface area contributed by atoms with Crippen molar-refractivity contribution in [3.8, 4) is 0 Å². The third-order valence-corrected chi connectivity index (χ3v) is 3.03. The zero-order chi connectivity index (χ0) is 12.3. The quantitative estimate of drug-likeness (QED) is 0.866. The lowest BCUT2D eigenvalue weighted by atomic mass is 10.2. The van der Waals surface area contributed by atoms with Gasteiger partial charge in [-0.1, -0.05) is 0 Å². The van der Waals surface area contributed by atoms with Crippen molar-refractivity contribution in [3.63, 3.8) is 0 Å². The van der Waals surface area contributed by atoms with Gasteiger partial charge in [0.25, 0.3) is 5.91 Å². The van der Waals surface area contributed by atoms with Crippen molar-refractivity contribution in [2.45, 2.75) is 6.92 Å². The molecule has 2 aromatic rings. The molecule has 0 aromatic carbocycles. The second-order valence-corrected chi connectivity index (χ2v) is 4.28. The first-order chi connectivity index (χ1) is 8.16. The fourth-order valence-corrected chi connectivity index (χ4v) is 1.54. The molecule has 0 atom stereocenters. The molecule has 86 valence electrons. The Balaban J connectivity index is 2.16. The Hall–Kier alpha value is -1.75. The van der Waals surface area contributed by atoms with E-state index in [4.69, 9.17) is 0 Å². The van der Waals surface area contributed by atoms with Gasteiger partial charge in [-0.15, -0.1) is 0 Å². The van der Waals surface area contributed by atoms with Crippen LogP contribution in [0.5, 0.6) is 0 Å². The smallest absolute Gasteiger partial charge is 0.257 e. The summed E-state index contributed by atoms with van der Waals surface area (Å²) in [6.45, 7) is 1.91. The largest absolute Gasteiger partial charge is 0.321 e. The van der Waals surface area contributed by atoms with Crippen molar-refractivity contribution >= 4 is 27.5 Å². The molecule has 0 saturated carbocycles. The van der Waals surface area contributed by atoms with E-state index in [1.54, 1.807) is 24.5 Å². The number of anilines is 1. The number of pyridine rings is 2. The molecular weight excluding hydrogens is 282 g/mol. The molecule has 0 aliphatic heterocycles. The van der Waals surface area contributed by atoms with E-state index < -0.39 is 0 Å². The zero-order valence-corrected chi connectivity index (χ0v) is 10.7. The average Bonchev–Trinajstić information content (AvgIpc) is 2.35. The topological polar surface area (TPSA) is 54.9 Å². The van der Waals surface area contributed by atoms with Crippen molar-refractivity contribution in [2.75, 3.05) is 5.32 Å². The molecule has 1 N–H and O–H groups in total. The van der Waals surface area contributed by atoms with E-state index in [0.29, 0.717) is 11.3 Å². The van der Waals surface area contributed by atoms with E-state index >= 15 is 0 Å². The minimum Gasteiger partial charge on any atom is -0.321 e. The van der Waals surface area contributed by atoms with Crippen molar-refractivity contribution in [2.24, 2.45) is 0 Å². The molecule has 4 nitrogen and oxygen atoms in total. The predicted octanol–water partition coefficient (Wildman–Crippen LogP) is 2.80. The number of nitrogens with zero attached hydrogens (tertiary/aromatic N) is 2. The monoisotopic (exact) mass is 291 g/mol. The third-order valence-electron chi connectivity index (χ3n) is 2.20. The minimum absolute atomic E-state index is 0.193. The van der Waals surface area contributed by atoms with Crippen molar-refractivity contribution in [1.29, 1.82) is 0 Å². The molecule has 2 aromatic heterocycles. The number of hydrogen-bond donors (Lipinski definition) is 1. The van der Waals surface area contributed by atoms with Gasteiger partial charge < -0.3 is 5.32 Å². The van der Waals surface area contributed by atoms with Crippen molar-refractivity contribution in [1.82, 2.24) is 9.97 Å². The number of amides is 1. The van der Waals surface area contributed by atoms with Crippen LogP contribution in [0, 0.1) is 6.92 Å². The van der Waals surface area contributed by atoms with Gasteiger partial charge in [0, 0.05) is 12.4 Å². The maximum absolute atomic E-state index is 11.8. The molecule has 1 amide bonds. The molecule has 0 aliphatic carbocycles. The molecule has 0 aliphatic rings. The maximum atomic E-state index is 11.8. The van der Waals surface area contributed by atoms with E-state index in [1.165, 1.54) is 6.20 Å². The molecule has 0 spiro atoms. The first-order valence-electron chi connectivity index (χ1n) is 5.00. The summed E-state index contributed by atoms with van der Waals surface area (Å²) in [7, 11) is 0. The number of nitrogens with one attached hydrogen (secondary N) is 1. The first kappa shape index (κ1) is 11.7. The van der Waals surface area contributed by atoms with Crippen LogP contribution in [0.25, 0.3) is 0 Å². The lowest BCUT2D eigenvalue weighted by Gasteiger charge is -2.06. The molecule has 0 radical (unpaired) electrons. The maximum Gasteiger partial charge on any atom is 0.257 e. The second kappa shape index (κ2) is 5.05. The summed E-state index contributed by atoms with van der Waals surface area (Å²) in [4.78, 5) is 19.8. The highest BCUT2D eigenvalue weighted by Gasteiger charge is 2.06. The summed E-state index contributed by atoms with van der Waals surface area (Å²) < 4.78 is 0.775. The Morgan fingerprint density at radius 3 is 2.88 bits per heavy atom. The van der Waals surface area contributed by atoms with E-state index in [0.717, 1.165) is 10.2 Å². The van der Waals surface area contributed by atoms with Crippen molar-refractivity contribution < 1.29 is 4.79 Å². The summed E-state index contributed by atoms with van der Waals surface area (Å²) in [5.74, 6) is -0.193. The number of aromatic nitrogens is 2. The molecule has 17 heavy (non-hydrogen) atoms. The van der Waals surface area contributed by atoms with Crippen LogP contribution >= 0.6 is 15.9 Å². The van der Waals surface area contributed by atoms with Crippen LogP contribution < -0.4 is 5.32 Å². The van der Waals surface area contributed by atoms with Crippen LogP contribution in [0.2, 0.25) is 0 Å². The standard InChI is InChI=1S/C12H10BrN3O/c1-8-5-10(7-15-11(8)13)16-12(17)9-3-2-4-14-6-9/h2-7H,1H3,(H,16,17). The van der Waals surface area contributed by atoms with E-state index in [2.05, 4.69) is 31.2 Å².